The smallest absolute Gasteiger partial charge is 0.140 e. The lowest BCUT2D eigenvalue weighted by Crippen LogP contribution is -2.16. The third-order valence-corrected chi connectivity index (χ3v) is 6.11. The molecule has 1 atom stereocenters. The molecule has 1 unspecified atom stereocenters. The zero-order chi connectivity index (χ0) is 18.4. The Hall–Kier alpha value is -2.58. The van der Waals surface area contributed by atoms with Crippen LogP contribution in [0.15, 0.2) is 66.9 Å². The van der Waals surface area contributed by atoms with E-state index >= 15 is 0 Å². The van der Waals surface area contributed by atoms with E-state index in [-0.39, 0.29) is 5.92 Å². The second-order valence-corrected chi connectivity index (χ2v) is 7.76. The molecule has 0 bridgehead atoms. The van der Waals surface area contributed by atoms with Crippen molar-refractivity contribution in [2.24, 2.45) is 0 Å². The van der Waals surface area contributed by atoms with E-state index in [1.165, 1.54) is 5.39 Å². The first-order valence-corrected chi connectivity index (χ1v) is 9.92. The summed E-state index contributed by atoms with van der Waals surface area (Å²) in [6, 6.07) is 20.6. The number of fused-ring (bicyclic) bond motifs is 2. The maximum Gasteiger partial charge on any atom is 0.140 e. The van der Waals surface area contributed by atoms with Crippen LogP contribution in [-0.2, 0) is 4.79 Å². The monoisotopic (exact) mass is 373 g/mol. The molecule has 5 rings (SSSR count). The normalized spacial score (nSPS) is 17.7. The highest BCUT2D eigenvalue weighted by atomic mass is 35.5. The van der Waals surface area contributed by atoms with Gasteiger partial charge < -0.3 is 4.57 Å². The molecule has 4 aromatic rings. The number of aromatic nitrogens is 1. The molecule has 0 radical (unpaired) electrons. The fraction of sp³-hybridized carbons (Fsp3) is 0.208. The van der Waals surface area contributed by atoms with Gasteiger partial charge in [-0.05, 0) is 36.6 Å². The Kier molecular flexibility index (Phi) is 4.02. The van der Waals surface area contributed by atoms with Crippen LogP contribution < -0.4 is 0 Å². The van der Waals surface area contributed by atoms with Crippen LogP contribution in [0.2, 0.25) is 5.02 Å². The summed E-state index contributed by atoms with van der Waals surface area (Å²) in [6.07, 6.45) is 5.98. The molecule has 0 saturated heterocycles. The van der Waals surface area contributed by atoms with Crippen LogP contribution in [0.1, 0.15) is 37.2 Å². The molecule has 1 saturated carbocycles. The molecule has 0 N–H and O–H groups in total. The number of hydrogen-bond acceptors (Lipinski definition) is 1. The van der Waals surface area contributed by atoms with Crippen molar-refractivity contribution >= 4 is 39.1 Å². The number of ketones is 1. The molecular weight excluding hydrogens is 354 g/mol. The van der Waals surface area contributed by atoms with E-state index in [0.717, 1.165) is 51.8 Å². The van der Waals surface area contributed by atoms with Gasteiger partial charge in [0.05, 0.1) is 11.2 Å². The van der Waals surface area contributed by atoms with Crippen molar-refractivity contribution in [3.63, 3.8) is 0 Å². The maximum atomic E-state index is 12.6. The third kappa shape index (κ3) is 2.67. The number of nitrogens with zero attached hydrogens (tertiary/aromatic N) is 1. The number of hydrogen-bond donors (Lipinski definition) is 0. The lowest BCUT2D eigenvalue weighted by atomic mass is 9.83. The van der Waals surface area contributed by atoms with Gasteiger partial charge in [-0.3, -0.25) is 4.79 Å². The first-order chi connectivity index (χ1) is 13.2. The van der Waals surface area contributed by atoms with E-state index in [1.807, 2.05) is 18.2 Å². The van der Waals surface area contributed by atoms with E-state index < -0.39 is 0 Å². The van der Waals surface area contributed by atoms with Gasteiger partial charge in [-0.2, -0.15) is 0 Å². The van der Waals surface area contributed by atoms with E-state index in [9.17, 15) is 4.79 Å². The van der Waals surface area contributed by atoms with Gasteiger partial charge in [0.15, 0.2) is 0 Å². The quantitative estimate of drug-likeness (QED) is 0.385. The van der Waals surface area contributed by atoms with Crippen molar-refractivity contribution in [3.8, 4) is 5.69 Å². The highest BCUT2D eigenvalue weighted by Gasteiger charge is 2.27. The topological polar surface area (TPSA) is 22.0 Å². The van der Waals surface area contributed by atoms with Crippen LogP contribution in [0.25, 0.3) is 27.4 Å². The number of benzene rings is 3. The van der Waals surface area contributed by atoms with Crippen LogP contribution in [0, 0.1) is 0 Å². The Morgan fingerprint density at radius 2 is 1.59 bits per heavy atom. The van der Waals surface area contributed by atoms with Gasteiger partial charge >= 0.3 is 0 Å². The van der Waals surface area contributed by atoms with Gasteiger partial charge in [0.1, 0.15) is 5.78 Å². The summed E-state index contributed by atoms with van der Waals surface area (Å²) in [5, 5.41) is 4.10. The Balaban J connectivity index is 1.78. The third-order valence-electron chi connectivity index (χ3n) is 5.78. The van der Waals surface area contributed by atoms with E-state index in [4.69, 9.17) is 11.6 Å². The number of para-hydroxylation sites is 1. The lowest BCUT2D eigenvalue weighted by molar-refractivity contribution is -0.121. The zero-order valence-electron chi connectivity index (χ0n) is 15.0. The fourth-order valence-corrected chi connectivity index (χ4v) is 4.68. The van der Waals surface area contributed by atoms with Crippen LogP contribution in [-0.4, -0.2) is 10.4 Å². The highest BCUT2D eigenvalue weighted by Crippen LogP contribution is 2.38. The summed E-state index contributed by atoms with van der Waals surface area (Å²) in [6.45, 7) is 0. The molecular formula is C24H20ClNO. The molecule has 0 spiro atoms. The first kappa shape index (κ1) is 16.6. The number of carbonyl (C=O) groups excluding carboxylic acids is 1. The van der Waals surface area contributed by atoms with Crippen LogP contribution in [0.3, 0.4) is 0 Å². The van der Waals surface area contributed by atoms with Crippen LogP contribution in [0.5, 0.6) is 0 Å². The predicted octanol–water partition coefficient (Wildman–Crippen LogP) is 6.66. The summed E-state index contributed by atoms with van der Waals surface area (Å²) in [4.78, 5) is 12.6. The summed E-state index contributed by atoms with van der Waals surface area (Å²) in [5.41, 5.74) is 3.40. The molecule has 1 aliphatic carbocycles. The second kappa shape index (κ2) is 6.54. The van der Waals surface area contributed by atoms with Crippen molar-refractivity contribution < 1.29 is 4.79 Å². The van der Waals surface area contributed by atoms with E-state index in [0.29, 0.717) is 12.2 Å². The van der Waals surface area contributed by atoms with Gasteiger partial charge in [-0.15, -0.1) is 0 Å². The van der Waals surface area contributed by atoms with Crippen molar-refractivity contribution in [3.05, 3.63) is 77.4 Å². The van der Waals surface area contributed by atoms with Crippen LogP contribution in [0.4, 0.5) is 0 Å². The van der Waals surface area contributed by atoms with E-state index in [1.54, 1.807) is 0 Å². The largest absolute Gasteiger partial charge is 0.316 e. The molecule has 2 nitrogen and oxygen atoms in total. The van der Waals surface area contributed by atoms with Gasteiger partial charge in [-0.25, -0.2) is 0 Å². The minimum Gasteiger partial charge on any atom is -0.316 e. The molecule has 1 aliphatic rings. The Morgan fingerprint density at radius 3 is 2.41 bits per heavy atom. The maximum absolute atomic E-state index is 12.6. The minimum atomic E-state index is 0.0171. The molecule has 3 aromatic carbocycles. The Bertz CT molecular complexity index is 1170. The van der Waals surface area contributed by atoms with Crippen molar-refractivity contribution in [2.45, 2.75) is 31.6 Å². The van der Waals surface area contributed by atoms with Gasteiger partial charge in [0.2, 0.25) is 0 Å². The van der Waals surface area contributed by atoms with Gasteiger partial charge in [0.25, 0.3) is 0 Å². The molecule has 27 heavy (non-hydrogen) atoms. The molecule has 3 heteroatoms. The summed E-state index contributed by atoms with van der Waals surface area (Å²) in [5.74, 6) is 0.397. The average Bonchev–Trinajstić information content (AvgIpc) is 3.08. The van der Waals surface area contributed by atoms with Gasteiger partial charge in [-0.1, -0.05) is 60.5 Å². The van der Waals surface area contributed by atoms with Crippen molar-refractivity contribution in [2.75, 3.05) is 0 Å². The lowest BCUT2D eigenvalue weighted by Gasteiger charge is -2.20. The van der Waals surface area contributed by atoms with Crippen LogP contribution >= 0.6 is 11.6 Å². The molecule has 1 heterocycles. The fourth-order valence-electron chi connectivity index (χ4n) is 4.45. The molecule has 1 fully saturated rings. The molecule has 134 valence electrons. The Labute approximate surface area is 163 Å². The Morgan fingerprint density at radius 1 is 0.852 bits per heavy atom. The summed E-state index contributed by atoms with van der Waals surface area (Å²) in [7, 11) is 0. The molecule has 1 aromatic heterocycles. The minimum absolute atomic E-state index is 0.0171. The van der Waals surface area contributed by atoms with Crippen molar-refractivity contribution in [1.29, 1.82) is 0 Å². The number of Topliss-reactive ketones (excluding diaryl/α,β-unsaturated/α-hetero) is 1. The highest BCUT2D eigenvalue weighted by molar-refractivity contribution is 6.35. The average molecular weight is 374 g/mol. The number of carbonyl (C=O) groups is 1. The number of halogens is 1. The number of rotatable bonds is 2. The first-order valence-electron chi connectivity index (χ1n) is 9.54. The zero-order valence-corrected chi connectivity index (χ0v) is 15.7. The van der Waals surface area contributed by atoms with E-state index in [2.05, 4.69) is 53.2 Å². The molecule has 0 aliphatic heterocycles. The standard InChI is InChI=1S/C24H20ClNO/c25-21-13-14-23(17-8-2-1-7-16(17)21)26-15-20(18-9-3-5-11-22(18)26)19-10-4-6-12-24(19)27/h1-3,5,7-9,11,13-15,19H,4,6,10,12H2. The summed E-state index contributed by atoms with van der Waals surface area (Å²) < 4.78 is 2.23. The summed E-state index contributed by atoms with van der Waals surface area (Å²) >= 11 is 6.43. The van der Waals surface area contributed by atoms with Gasteiger partial charge in [0, 0.05) is 39.7 Å². The predicted molar refractivity (Wildman–Crippen MR) is 112 cm³/mol. The second-order valence-electron chi connectivity index (χ2n) is 7.35. The molecule has 0 amide bonds. The van der Waals surface area contributed by atoms with Crippen molar-refractivity contribution in [1.82, 2.24) is 4.57 Å². The SMILES string of the molecule is O=C1CCCCC1c1cn(-c2ccc(Cl)c3ccccc23)c2ccccc12.